The summed E-state index contributed by atoms with van der Waals surface area (Å²) in [5.41, 5.74) is 2.32. The highest BCUT2D eigenvalue weighted by atomic mass is 16.5. The van der Waals surface area contributed by atoms with Crippen LogP contribution in [0.15, 0.2) is 59.2 Å². The molecule has 0 saturated carbocycles. The second kappa shape index (κ2) is 11.5. The lowest BCUT2D eigenvalue weighted by Gasteiger charge is -2.28. The van der Waals surface area contributed by atoms with Crippen LogP contribution in [0.25, 0.3) is 0 Å². The molecule has 0 saturated heterocycles. The number of carbonyl (C=O) groups excluding carboxylic acids is 1. The van der Waals surface area contributed by atoms with Crippen LogP contribution in [0.1, 0.15) is 60.7 Å². The second-order valence-corrected chi connectivity index (χ2v) is 8.07. The SMILES string of the molecule is CC[C@H](C)N(Cc1nc(C(=O)N[C@H](C)c2ccccc2)co1)Cc1cc(OC)ccc1OC. The number of hydrogen-bond donors (Lipinski definition) is 1. The van der Waals surface area contributed by atoms with E-state index in [0.717, 1.165) is 29.0 Å². The van der Waals surface area contributed by atoms with Crippen LogP contribution in [0.3, 0.4) is 0 Å². The fraction of sp³-hybridized carbons (Fsp3) is 0.385. The molecule has 3 rings (SSSR count). The number of nitrogens with one attached hydrogen (secondary N) is 1. The van der Waals surface area contributed by atoms with Crippen molar-refractivity contribution in [1.29, 1.82) is 0 Å². The molecule has 0 bridgehead atoms. The number of amides is 1. The lowest BCUT2D eigenvalue weighted by molar-refractivity contribution is 0.0934. The van der Waals surface area contributed by atoms with Gasteiger partial charge in [0.25, 0.3) is 5.91 Å². The van der Waals surface area contributed by atoms with Gasteiger partial charge in [-0.25, -0.2) is 4.98 Å². The van der Waals surface area contributed by atoms with Crippen molar-refractivity contribution in [2.45, 2.75) is 52.4 Å². The van der Waals surface area contributed by atoms with Gasteiger partial charge >= 0.3 is 0 Å². The quantitative estimate of drug-likeness (QED) is 0.443. The number of methoxy groups -OCH3 is 2. The van der Waals surface area contributed by atoms with Crippen molar-refractivity contribution >= 4 is 5.91 Å². The van der Waals surface area contributed by atoms with Crippen LogP contribution < -0.4 is 14.8 Å². The van der Waals surface area contributed by atoms with Crippen LogP contribution in [-0.2, 0) is 13.1 Å². The molecule has 0 spiro atoms. The molecule has 1 amide bonds. The number of ether oxygens (including phenoxy) is 2. The molecule has 0 aliphatic carbocycles. The summed E-state index contributed by atoms with van der Waals surface area (Å²) in [5, 5.41) is 2.98. The first-order valence-electron chi connectivity index (χ1n) is 11.2. The number of aromatic nitrogens is 1. The minimum Gasteiger partial charge on any atom is -0.497 e. The van der Waals surface area contributed by atoms with Crippen LogP contribution in [0.5, 0.6) is 11.5 Å². The summed E-state index contributed by atoms with van der Waals surface area (Å²) in [6, 6.07) is 15.7. The Hall–Kier alpha value is -3.32. The molecule has 176 valence electrons. The summed E-state index contributed by atoms with van der Waals surface area (Å²) in [7, 11) is 3.31. The molecule has 3 aromatic rings. The number of nitrogens with zero attached hydrogens (tertiary/aromatic N) is 2. The molecule has 0 aliphatic heterocycles. The van der Waals surface area contributed by atoms with Crippen LogP contribution in [0, 0.1) is 0 Å². The highest BCUT2D eigenvalue weighted by Crippen LogP contribution is 2.27. The van der Waals surface area contributed by atoms with Gasteiger partial charge in [-0.3, -0.25) is 9.69 Å². The number of hydrogen-bond acceptors (Lipinski definition) is 6. The van der Waals surface area contributed by atoms with E-state index in [1.807, 2.05) is 55.5 Å². The maximum absolute atomic E-state index is 12.7. The first-order valence-corrected chi connectivity index (χ1v) is 11.2. The van der Waals surface area contributed by atoms with Crippen molar-refractivity contribution in [3.05, 3.63) is 77.5 Å². The molecule has 0 aliphatic rings. The minimum atomic E-state index is -0.258. The van der Waals surface area contributed by atoms with Gasteiger partial charge in [-0.2, -0.15) is 0 Å². The Morgan fingerprint density at radius 1 is 1.09 bits per heavy atom. The zero-order valence-electron chi connectivity index (χ0n) is 20.0. The van der Waals surface area contributed by atoms with E-state index in [0.29, 0.717) is 19.0 Å². The smallest absolute Gasteiger partial charge is 0.273 e. The van der Waals surface area contributed by atoms with Gasteiger partial charge in [-0.15, -0.1) is 0 Å². The average molecular weight is 452 g/mol. The third-order valence-electron chi connectivity index (χ3n) is 5.85. The largest absolute Gasteiger partial charge is 0.497 e. The van der Waals surface area contributed by atoms with Crippen molar-refractivity contribution in [2.24, 2.45) is 0 Å². The highest BCUT2D eigenvalue weighted by molar-refractivity contribution is 5.92. The van der Waals surface area contributed by atoms with Gasteiger partial charge in [-0.05, 0) is 44.0 Å². The molecule has 1 aromatic heterocycles. The molecule has 0 unspecified atom stereocenters. The lowest BCUT2D eigenvalue weighted by Crippen LogP contribution is -2.32. The van der Waals surface area contributed by atoms with Crippen molar-refractivity contribution in [3.8, 4) is 11.5 Å². The molecule has 0 fully saturated rings. The summed E-state index contributed by atoms with van der Waals surface area (Å²) in [5.74, 6) is 1.81. The zero-order valence-corrected chi connectivity index (χ0v) is 20.0. The number of carbonyl (C=O) groups is 1. The van der Waals surface area contributed by atoms with Gasteiger partial charge in [-0.1, -0.05) is 37.3 Å². The Bertz CT molecular complexity index is 1040. The van der Waals surface area contributed by atoms with E-state index in [1.54, 1.807) is 14.2 Å². The van der Waals surface area contributed by atoms with Crippen LogP contribution in [-0.4, -0.2) is 36.1 Å². The standard InChI is InChI=1S/C26H33N3O4/c1-6-18(2)29(15-21-14-22(31-4)12-13-24(21)32-5)16-25-28-23(17-33-25)26(30)27-19(3)20-10-8-7-9-11-20/h7-14,17-19H,6,15-16H2,1-5H3,(H,27,30)/t18-,19+/m0/s1. The van der Waals surface area contributed by atoms with Crippen molar-refractivity contribution in [1.82, 2.24) is 15.2 Å². The van der Waals surface area contributed by atoms with Crippen LogP contribution in [0.2, 0.25) is 0 Å². The molecule has 7 heteroatoms. The summed E-state index contributed by atoms with van der Waals surface area (Å²) >= 11 is 0. The van der Waals surface area contributed by atoms with E-state index < -0.39 is 0 Å². The fourth-order valence-electron chi connectivity index (χ4n) is 3.61. The van der Waals surface area contributed by atoms with E-state index in [-0.39, 0.29) is 23.7 Å². The normalized spacial score (nSPS) is 12.9. The summed E-state index contributed by atoms with van der Waals surface area (Å²) in [4.78, 5) is 19.4. The molecular weight excluding hydrogens is 418 g/mol. The Morgan fingerprint density at radius 3 is 2.52 bits per heavy atom. The van der Waals surface area contributed by atoms with Gasteiger partial charge in [0.2, 0.25) is 5.89 Å². The van der Waals surface area contributed by atoms with Gasteiger partial charge in [0.15, 0.2) is 5.69 Å². The van der Waals surface area contributed by atoms with E-state index in [9.17, 15) is 4.79 Å². The number of rotatable bonds is 11. The number of benzene rings is 2. The van der Waals surface area contributed by atoms with Gasteiger partial charge < -0.3 is 19.2 Å². The molecule has 2 aromatic carbocycles. The van der Waals surface area contributed by atoms with Crippen molar-refractivity contribution < 1.29 is 18.7 Å². The predicted octanol–water partition coefficient (Wildman–Crippen LogP) is 4.98. The number of oxazole rings is 1. The fourth-order valence-corrected chi connectivity index (χ4v) is 3.61. The monoisotopic (exact) mass is 451 g/mol. The molecule has 1 N–H and O–H groups in total. The molecule has 2 atom stereocenters. The van der Waals surface area contributed by atoms with E-state index in [2.05, 4.69) is 29.0 Å². The lowest BCUT2D eigenvalue weighted by atomic mass is 10.1. The summed E-state index contributed by atoms with van der Waals surface area (Å²) < 4.78 is 16.6. The van der Waals surface area contributed by atoms with Gasteiger partial charge in [0.05, 0.1) is 26.8 Å². The Kier molecular flexibility index (Phi) is 8.49. The minimum absolute atomic E-state index is 0.129. The molecule has 0 radical (unpaired) electrons. The first kappa shape index (κ1) is 24.3. The van der Waals surface area contributed by atoms with E-state index in [1.165, 1.54) is 6.26 Å². The molecular formula is C26H33N3O4. The van der Waals surface area contributed by atoms with Crippen molar-refractivity contribution in [3.63, 3.8) is 0 Å². The molecule has 33 heavy (non-hydrogen) atoms. The summed E-state index contributed by atoms with van der Waals surface area (Å²) in [6.45, 7) is 7.34. The molecule has 7 nitrogen and oxygen atoms in total. The predicted molar refractivity (Wildman–Crippen MR) is 127 cm³/mol. The Morgan fingerprint density at radius 2 is 1.85 bits per heavy atom. The third kappa shape index (κ3) is 6.35. The highest BCUT2D eigenvalue weighted by Gasteiger charge is 2.21. The van der Waals surface area contributed by atoms with E-state index >= 15 is 0 Å². The zero-order chi connectivity index (χ0) is 23.8. The van der Waals surface area contributed by atoms with Crippen LogP contribution >= 0.6 is 0 Å². The maximum atomic E-state index is 12.7. The molecule has 1 heterocycles. The Balaban J connectivity index is 1.71. The van der Waals surface area contributed by atoms with Gasteiger partial charge in [0.1, 0.15) is 17.8 Å². The second-order valence-electron chi connectivity index (χ2n) is 8.07. The van der Waals surface area contributed by atoms with E-state index in [4.69, 9.17) is 13.9 Å². The summed E-state index contributed by atoms with van der Waals surface area (Å²) in [6.07, 6.45) is 2.37. The third-order valence-corrected chi connectivity index (χ3v) is 5.85. The van der Waals surface area contributed by atoms with Crippen molar-refractivity contribution in [2.75, 3.05) is 14.2 Å². The van der Waals surface area contributed by atoms with Crippen LogP contribution in [0.4, 0.5) is 0 Å². The average Bonchev–Trinajstić information content (AvgIpc) is 3.32. The first-order chi connectivity index (χ1) is 15.9. The topological polar surface area (TPSA) is 76.8 Å². The Labute approximate surface area is 195 Å². The van der Waals surface area contributed by atoms with Gasteiger partial charge in [0, 0.05) is 18.2 Å². The maximum Gasteiger partial charge on any atom is 0.273 e.